The van der Waals surface area contributed by atoms with Gasteiger partial charge in [0, 0.05) is 15.6 Å². The fraction of sp³-hybridized carbons (Fsp3) is 0. The fourth-order valence-electron chi connectivity index (χ4n) is 2.42. The summed E-state index contributed by atoms with van der Waals surface area (Å²) in [6.45, 7) is 0. The Kier molecular flexibility index (Phi) is 4.25. The van der Waals surface area contributed by atoms with Gasteiger partial charge in [-0.3, -0.25) is 0 Å². The van der Waals surface area contributed by atoms with E-state index in [2.05, 4.69) is 6.07 Å². The lowest BCUT2D eigenvalue weighted by molar-refractivity contribution is 1.48. The molecule has 3 aromatic carbocycles. The van der Waals surface area contributed by atoms with Crippen molar-refractivity contribution in [2.45, 2.75) is 0 Å². The first-order chi connectivity index (χ1) is 11.1. The predicted octanol–water partition coefficient (Wildman–Crippen LogP) is 5.78. The van der Waals surface area contributed by atoms with Crippen LogP contribution < -0.4 is 5.73 Å². The molecule has 0 heterocycles. The summed E-state index contributed by atoms with van der Waals surface area (Å²) < 4.78 is 0. The van der Waals surface area contributed by atoms with Gasteiger partial charge in [-0.25, -0.2) is 0 Å². The van der Waals surface area contributed by atoms with Gasteiger partial charge in [0.05, 0.1) is 11.3 Å². The van der Waals surface area contributed by atoms with Gasteiger partial charge in [0.15, 0.2) is 0 Å². The summed E-state index contributed by atoms with van der Waals surface area (Å²) in [5.74, 6) is 0. The second-order valence-corrected chi connectivity index (χ2v) is 5.98. The maximum absolute atomic E-state index is 9.38. The molecule has 0 aliphatic carbocycles. The van der Waals surface area contributed by atoms with Crippen molar-refractivity contribution in [3.63, 3.8) is 0 Å². The van der Waals surface area contributed by atoms with Crippen molar-refractivity contribution in [3.05, 3.63) is 76.3 Å². The van der Waals surface area contributed by atoms with Gasteiger partial charge in [-0.05, 0) is 53.1 Å². The quantitative estimate of drug-likeness (QED) is 0.602. The van der Waals surface area contributed by atoms with E-state index in [0.717, 1.165) is 22.3 Å². The number of nitrogen functional groups attached to an aromatic ring is 1. The lowest BCUT2D eigenvalue weighted by Gasteiger charge is -2.12. The second kappa shape index (κ2) is 6.34. The molecule has 3 rings (SSSR count). The molecule has 2 nitrogen and oxygen atoms in total. The number of nitrogens with zero attached hydrogens (tertiary/aromatic N) is 1. The topological polar surface area (TPSA) is 49.8 Å². The molecule has 0 saturated carbocycles. The normalized spacial score (nSPS) is 10.3. The minimum Gasteiger partial charge on any atom is -0.397 e. The second-order valence-electron chi connectivity index (χ2n) is 5.11. The standard InChI is InChI=1S/C19H12Cl2N2/c20-16-5-1-12(2-6-16)14-9-15(11-22)19(23)18(10-14)13-3-7-17(21)8-4-13/h1-10H,23H2. The van der Waals surface area contributed by atoms with Crippen LogP contribution >= 0.6 is 23.2 Å². The van der Waals surface area contributed by atoms with E-state index in [-0.39, 0.29) is 0 Å². The number of hydrogen-bond acceptors (Lipinski definition) is 2. The highest BCUT2D eigenvalue weighted by Gasteiger charge is 2.11. The van der Waals surface area contributed by atoms with E-state index in [4.69, 9.17) is 28.9 Å². The van der Waals surface area contributed by atoms with Crippen molar-refractivity contribution < 1.29 is 0 Å². The Morgan fingerprint density at radius 3 is 1.78 bits per heavy atom. The monoisotopic (exact) mass is 338 g/mol. The maximum atomic E-state index is 9.38. The van der Waals surface area contributed by atoms with Crippen LogP contribution in [0.2, 0.25) is 10.0 Å². The van der Waals surface area contributed by atoms with Gasteiger partial charge in [-0.15, -0.1) is 0 Å². The maximum Gasteiger partial charge on any atom is 0.101 e. The van der Waals surface area contributed by atoms with Crippen molar-refractivity contribution in [2.24, 2.45) is 0 Å². The SMILES string of the molecule is N#Cc1cc(-c2ccc(Cl)cc2)cc(-c2ccc(Cl)cc2)c1N. The smallest absolute Gasteiger partial charge is 0.101 e. The first-order valence-corrected chi connectivity index (χ1v) is 7.69. The van der Waals surface area contributed by atoms with E-state index in [1.54, 1.807) is 18.2 Å². The third kappa shape index (κ3) is 3.17. The average molecular weight is 339 g/mol. The van der Waals surface area contributed by atoms with Crippen LogP contribution in [-0.4, -0.2) is 0 Å². The van der Waals surface area contributed by atoms with Crippen LogP contribution in [-0.2, 0) is 0 Å². The van der Waals surface area contributed by atoms with E-state index >= 15 is 0 Å². The summed E-state index contributed by atoms with van der Waals surface area (Å²) in [5, 5.41) is 10.7. The number of hydrogen-bond donors (Lipinski definition) is 1. The van der Waals surface area contributed by atoms with Crippen LogP contribution in [0.15, 0.2) is 60.7 Å². The van der Waals surface area contributed by atoms with E-state index in [0.29, 0.717) is 21.3 Å². The van der Waals surface area contributed by atoms with Crippen LogP contribution in [0, 0.1) is 11.3 Å². The molecule has 0 amide bonds. The van der Waals surface area contributed by atoms with Crippen LogP contribution in [0.1, 0.15) is 5.56 Å². The first-order valence-electron chi connectivity index (χ1n) is 6.94. The zero-order valence-electron chi connectivity index (χ0n) is 12.1. The Bertz CT molecular complexity index is 892. The molecule has 0 bridgehead atoms. The molecule has 0 radical (unpaired) electrons. The van der Waals surface area contributed by atoms with Gasteiger partial charge in [0.1, 0.15) is 6.07 Å². The zero-order chi connectivity index (χ0) is 16.4. The molecular formula is C19H12Cl2N2. The fourth-order valence-corrected chi connectivity index (χ4v) is 2.68. The summed E-state index contributed by atoms with van der Waals surface area (Å²) in [6.07, 6.45) is 0. The Morgan fingerprint density at radius 1 is 0.739 bits per heavy atom. The molecule has 3 aromatic rings. The van der Waals surface area contributed by atoms with Crippen molar-refractivity contribution in [1.29, 1.82) is 5.26 Å². The molecule has 0 aliphatic rings. The molecule has 112 valence electrons. The zero-order valence-corrected chi connectivity index (χ0v) is 13.6. The molecule has 4 heteroatoms. The molecule has 0 aliphatic heterocycles. The predicted molar refractivity (Wildman–Crippen MR) is 96.5 cm³/mol. The van der Waals surface area contributed by atoms with E-state index in [1.165, 1.54) is 0 Å². The summed E-state index contributed by atoms with van der Waals surface area (Å²) in [5.41, 5.74) is 10.7. The van der Waals surface area contributed by atoms with Gasteiger partial charge in [-0.1, -0.05) is 47.5 Å². The van der Waals surface area contributed by atoms with E-state index < -0.39 is 0 Å². The van der Waals surface area contributed by atoms with Crippen molar-refractivity contribution in [1.82, 2.24) is 0 Å². The first kappa shape index (κ1) is 15.4. The minimum absolute atomic E-state index is 0.447. The van der Waals surface area contributed by atoms with Gasteiger partial charge in [0.25, 0.3) is 0 Å². The number of rotatable bonds is 2. The lowest BCUT2D eigenvalue weighted by atomic mass is 9.94. The van der Waals surface area contributed by atoms with Gasteiger partial charge in [0.2, 0.25) is 0 Å². The Balaban J connectivity index is 2.20. The van der Waals surface area contributed by atoms with Crippen LogP contribution in [0.25, 0.3) is 22.3 Å². The minimum atomic E-state index is 0.447. The molecule has 0 unspecified atom stereocenters. The number of nitriles is 1. The van der Waals surface area contributed by atoms with E-state index in [9.17, 15) is 5.26 Å². The largest absolute Gasteiger partial charge is 0.397 e. The third-order valence-corrected chi connectivity index (χ3v) is 4.14. The number of halogens is 2. The molecule has 2 N–H and O–H groups in total. The lowest BCUT2D eigenvalue weighted by Crippen LogP contribution is -1.96. The molecule has 0 aromatic heterocycles. The highest BCUT2D eigenvalue weighted by atomic mass is 35.5. The summed E-state index contributed by atoms with van der Waals surface area (Å²) in [4.78, 5) is 0. The highest BCUT2D eigenvalue weighted by molar-refractivity contribution is 6.31. The average Bonchev–Trinajstić information content (AvgIpc) is 2.57. The third-order valence-electron chi connectivity index (χ3n) is 3.63. The highest BCUT2D eigenvalue weighted by Crippen LogP contribution is 2.34. The summed E-state index contributed by atoms with van der Waals surface area (Å²) in [6, 6.07) is 20.8. The van der Waals surface area contributed by atoms with Crippen molar-refractivity contribution in [3.8, 4) is 28.3 Å². The number of anilines is 1. The molecule has 0 saturated heterocycles. The Hall–Kier alpha value is -2.47. The molecule has 23 heavy (non-hydrogen) atoms. The summed E-state index contributed by atoms with van der Waals surface area (Å²) in [7, 11) is 0. The molecule has 0 atom stereocenters. The number of benzene rings is 3. The van der Waals surface area contributed by atoms with E-state index in [1.807, 2.05) is 42.5 Å². The van der Waals surface area contributed by atoms with Crippen LogP contribution in [0.4, 0.5) is 5.69 Å². The van der Waals surface area contributed by atoms with Gasteiger partial charge >= 0.3 is 0 Å². The van der Waals surface area contributed by atoms with Gasteiger partial charge in [-0.2, -0.15) is 5.26 Å². The van der Waals surface area contributed by atoms with Crippen LogP contribution in [0.3, 0.4) is 0 Å². The molecule has 0 spiro atoms. The molecule has 0 fully saturated rings. The van der Waals surface area contributed by atoms with Crippen molar-refractivity contribution >= 4 is 28.9 Å². The number of nitrogens with two attached hydrogens (primary N) is 1. The van der Waals surface area contributed by atoms with Crippen LogP contribution in [0.5, 0.6) is 0 Å². The Morgan fingerprint density at radius 2 is 1.26 bits per heavy atom. The molecular weight excluding hydrogens is 327 g/mol. The van der Waals surface area contributed by atoms with Gasteiger partial charge < -0.3 is 5.73 Å². The summed E-state index contributed by atoms with van der Waals surface area (Å²) >= 11 is 11.9. The Labute approximate surface area is 144 Å². The van der Waals surface area contributed by atoms with Crippen molar-refractivity contribution in [2.75, 3.05) is 5.73 Å².